The van der Waals surface area contributed by atoms with Gasteiger partial charge in [0, 0.05) is 12.6 Å². The van der Waals surface area contributed by atoms with Crippen molar-refractivity contribution in [1.29, 1.82) is 0 Å². The van der Waals surface area contributed by atoms with Crippen LogP contribution in [0.3, 0.4) is 0 Å². The third kappa shape index (κ3) is 4.18. The maximum Gasteiger partial charge on any atom is 0.330 e. The Morgan fingerprint density at radius 3 is 2.67 bits per heavy atom. The van der Waals surface area contributed by atoms with Gasteiger partial charge in [0.25, 0.3) is 5.56 Å². The molecule has 2 N–H and O–H groups in total. The fourth-order valence-corrected chi connectivity index (χ4v) is 3.67. The first kappa shape index (κ1) is 19.8. The van der Waals surface area contributed by atoms with Crippen LogP contribution < -0.4 is 11.2 Å². The minimum absolute atomic E-state index is 0.0714. The van der Waals surface area contributed by atoms with Crippen LogP contribution in [0.15, 0.2) is 15.8 Å². The fraction of sp³-hybridized carbons (Fsp3) is 0.733. The Kier molecular flexibility index (Phi) is 5.80. The van der Waals surface area contributed by atoms with Crippen LogP contribution in [0, 0.1) is 3.57 Å². The Morgan fingerprint density at radius 2 is 2.08 bits per heavy atom. The van der Waals surface area contributed by atoms with E-state index < -0.39 is 38.0 Å². The standard InChI is InChI=1S/C15H25IN2O5Si/c1-15(2,3)24(4,5)22-8-11-10(19)6-12(23-11)18-7-9(16)13(20)17-14(18)21/h7,10-12,19H,6,8H2,1-5H3,(H,17,20,21)/t10-,11-,12-/m1/s1. The molecule has 0 amide bonds. The number of nitrogens with one attached hydrogen (secondary N) is 1. The molecule has 2 heterocycles. The Morgan fingerprint density at radius 1 is 1.46 bits per heavy atom. The summed E-state index contributed by atoms with van der Waals surface area (Å²) in [6, 6.07) is 0. The molecule has 0 spiro atoms. The first-order valence-electron chi connectivity index (χ1n) is 7.91. The highest BCUT2D eigenvalue weighted by atomic mass is 127. The molecule has 0 bridgehead atoms. The minimum atomic E-state index is -1.94. The summed E-state index contributed by atoms with van der Waals surface area (Å²) in [7, 11) is -1.94. The van der Waals surface area contributed by atoms with Gasteiger partial charge >= 0.3 is 5.69 Å². The normalized spacial score (nSPS) is 25.2. The summed E-state index contributed by atoms with van der Waals surface area (Å²) in [5.41, 5.74) is -0.961. The van der Waals surface area contributed by atoms with Crippen molar-refractivity contribution in [3.05, 3.63) is 30.6 Å². The lowest BCUT2D eigenvalue weighted by molar-refractivity contribution is -0.0433. The van der Waals surface area contributed by atoms with E-state index in [9.17, 15) is 14.7 Å². The molecule has 9 heteroatoms. The summed E-state index contributed by atoms with van der Waals surface area (Å²) in [6.45, 7) is 11.0. The lowest BCUT2D eigenvalue weighted by Gasteiger charge is -2.37. The molecule has 7 nitrogen and oxygen atoms in total. The Balaban J connectivity index is 2.09. The average Bonchev–Trinajstić information content (AvgIpc) is 2.80. The SMILES string of the molecule is CC(C)(C)[Si](C)(C)OC[C@H]1O[C@@H](n2cc(I)c(=O)[nH]c2=O)C[C@H]1O. The molecule has 0 saturated carbocycles. The molecule has 0 unspecified atom stereocenters. The monoisotopic (exact) mass is 468 g/mol. The van der Waals surface area contributed by atoms with Crippen LogP contribution in [0.4, 0.5) is 0 Å². The van der Waals surface area contributed by atoms with E-state index in [0.29, 0.717) is 10.2 Å². The molecule has 0 radical (unpaired) electrons. The molecular weight excluding hydrogens is 443 g/mol. The van der Waals surface area contributed by atoms with E-state index in [1.54, 1.807) is 0 Å². The zero-order valence-electron chi connectivity index (χ0n) is 14.6. The number of aliphatic hydroxyl groups is 1. The van der Waals surface area contributed by atoms with Crippen molar-refractivity contribution in [1.82, 2.24) is 9.55 Å². The molecule has 2 rings (SSSR count). The zero-order chi connectivity index (χ0) is 18.3. The van der Waals surface area contributed by atoms with Gasteiger partial charge in [-0.1, -0.05) is 20.8 Å². The van der Waals surface area contributed by atoms with Crippen molar-refractivity contribution in [2.24, 2.45) is 0 Å². The number of aromatic amines is 1. The molecule has 0 aromatic carbocycles. The quantitative estimate of drug-likeness (QED) is 0.520. The summed E-state index contributed by atoms with van der Waals surface area (Å²) in [5, 5.41) is 10.3. The lowest BCUT2D eigenvalue weighted by atomic mass is 10.2. The van der Waals surface area contributed by atoms with Gasteiger partial charge in [-0.2, -0.15) is 0 Å². The van der Waals surface area contributed by atoms with E-state index in [1.165, 1.54) is 10.8 Å². The third-order valence-corrected chi connectivity index (χ3v) is 10.1. The first-order valence-corrected chi connectivity index (χ1v) is 11.9. The van der Waals surface area contributed by atoms with Crippen molar-refractivity contribution < 1.29 is 14.3 Å². The number of ether oxygens (including phenoxy) is 1. The van der Waals surface area contributed by atoms with Crippen LogP contribution in [-0.4, -0.2) is 41.8 Å². The van der Waals surface area contributed by atoms with Gasteiger partial charge in [-0.15, -0.1) is 0 Å². The van der Waals surface area contributed by atoms with Crippen molar-refractivity contribution >= 4 is 30.9 Å². The predicted molar refractivity (Wildman–Crippen MR) is 102 cm³/mol. The summed E-state index contributed by atoms with van der Waals surface area (Å²) >= 11 is 1.86. The molecular formula is C15H25IN2O5Si. The number of H-pyrrole nitrogens is 1. The van der Waals surface area contributed by atoms with Crippen molar-refractivity contribution in [3.63, 3.8) is 0 Å². The number of hydrogen-bond donors (Lipinski definition) is 2. The molecule has 1 aromatic rings. The fourth-order valence-electron chi connectivity index (χ4n) is 2.22. The number of aliphatic hydroxyl groups excluding tert-OH is 1. The smallest absolute Gasteiger partial charge is 0.330 e. The molecule has 136 valence electrons. The second-order valence-electron chi connectivity index (χ2n) is 7.65. The number of nitrogens with zero attached hydrogens (tertiary/aromatic N) is 1. The number of halogens is 1. The highest BCUT2D eigenvalue weighted by molar-refractivity contribution is 14.1. The van der Waals surface area contributed by atoms with Crippen LogP contribution >= 0.6 is 22.6 Å². The minimum Gasteiger partial charge on any atom is -0.414 e. The van der Waals surface area contributed by atoms with Gasteiger partial charge in [0.05, 0.1) is 16.3 Å². The van der Waals surface area contributed by atoms with Gasteiger partial charge in [-0.25, -0.2) is 4.79 Å². The van der Waals surface area contributed by atoms with E-state index in [4.69, 9.17) is 9.16 Å². The Hall–Kier alpha value is -0.493. The second kappa shape index (κ2) is 7.02. The van der Waals surface area contributed by atoms with E-state index in [2.05, 4.69) is 38.8 Å². The molecule has 3 atom stereocenters. The molecule has 1 aromatic heterocycles. The maximum absolute atomic E-state index is 12.0. The summed E-state index contributed by atoms with van der Waals surface area (Å²) in [6.07, 6.45) is -0.0632. The van der Waals surface area contributed by atoms with Crippen LogP contribution in [0.2, 0.25) is 18.1 Å². The highest BCUT2D eigenvalue weighted by Crippen LogP contribution is 2.37. The molecule has 1 aliphatic heterocycles. The van der Waals surface area contributed by atoms with Crippen LogP contribution in [0.1, 0.15) is 33.4 Å². The van der Waals surface area contributed by atoms with Gasteiger partial charge in [0.2, 0.25) is 0 Å². The van der Waals surface area contributed by atoms with Crippen LogP contribution in [0.5, 0.6) is 0 Å². The second-order valence-corrected chi connectivity index (χ2v) is 13.6. The van der Waals surface area contributed by atoms with Gasteiger partial charge in [0.1, 0.15) is 12.3 Å². The van der Waals surface area contributed by atoms with Crippen LogP contribution in [-0.2, 0) is 9.16 Å². The molecule has 1 aliphatic rings. The van der Waals surface area contributed by atoms with E-state index in [0.717, 1.165) is 0 Å². The number of hydrogen-bond acceptors (Lipinski definition) is 5. The largest absolute Gasteiger partial charge is 0.414 e. The zero-order valence-corrected chi connectivity index (χ0v) is 17.8. The molecule has 24 heavy (non-hydrogen) atoms. The third-order valence-electron chi connectivity index (χ3n) is 4.85. The van der Waals surface area contributed by atoms with Gasteiger partial charge in [0.15, 0.2) is 8.32 Å². The average molecular weight is 468 g/mol. The Bertz CT molecular complexity index is 709. The summed E-state index contributed by atoms with van der Waals surface area (Å²) < 4.78 is 13.7. The highest BCUT2D eigenvalue weighted by Gasteiger charge is 2.41. The van der Waals surface area contributed by atoms with Gasteiger partial charge in [-0.3, -0.25) is 14.3 Å². The van der Waals surface area contributed by atoms with E-state index in [1.807, 2.05) is 22.6 Å². The maximum atomic E-state index is 12.0. The van der Waals surface area contributed by atoms with E-state index >= 15 is 0 Å². The number of rotatable bonds is 4. The number of aromatic nitrogens is 2. The van der Waals surface area contributed by atoms with Gasteiger partial charge < -0.3 is 14.3 Å². The topological polar surface area (TPSA) is 93.5 Å². The van der Waals surface area contributed by atoms with Crippen LogP contribution in [0.25, 0.3) is 0 Å². The predicted octanol–water partition coefficient (Wildman–Crippen LogP) is 1.81. The van der Waals surface area contributed by atoms with Crippen molar-refractivity contribution in [2.75, 3.05) is 6.61 Å². The first-order chi connectivity index (χ1) is 10.9. The van der Waals surface area contributed by atoms with E-state index in [-0.39, 0.29) is 11.5 Å². The Labute approximate surface area is 155 Å². The van der Waals surface area contributed by atoms with Gasteiger partial charge in [-0.05, 0) is 40.7 Å². The van der Waals surface area contributed by atoms with Crippen molar-refractivity contribution in [2.45, 2.75) is 63.8 Å². The summed E-state index contributed by atoms with van der Waals surface area (Å²) in [5.74, 6) is 0. The van der Waals surface area contributed by atoms with Crippen molar-refractivity contribution in [3.8, 4) is 0 Å². The lowest BCUT2D eigenvalue weighted by Crippen LogP contribution is -2.43. The molecule has 1 fully saturated rings. The summed E-state index contributed by atoms with van der Waals surface area (Å²) in [4.78, 5) is 25.7. The molecule has 1 saturated heterocycles. The molecule has 0 aliphatic carbocycles.